The third-order valence-electron chi connectivity index (χ3n) is 5.47. The summed E-state index contributed by atoms with van der Waals surface area (Å²) in [7, 11) is 3.60. The second-order valence-electron chi connectivity index (χ2n) is 7.93. The zero-order chi connectivity index (χ0) is 17.4. The fraction of sp³-hybridized carbons (Fsp3) is 0.778. The Hall–Kier alpha value is -1.36. The number of nitrogens with zero attached hydrogens (tertiary/aromatic N) is 2. The molecule has 0 spiro atoms. The predicted octanol–water partition coefficient (Wildman–Crippen LogP) is 3.34. The Labute approximate surface area is 139 Å². The standard InChI is InChI=1S/C18H31N3O2/c1-11(18(2,3)4)14-15(20-21(5)16(14)17(19)22)12-7-9-13(23-6)10-8-12/h11-13H,7-10H2,1-6H3,(H2,19,22)/t11-,12?,13?/m1/s1. The number of nitrogens with two attached hydrogens (primary N) is 1. The van der Waals surface area contributed by atoms with Crippen molar-refractivity contribution in [3.8, 4) is 0 Å². The van der Waals surface area contributed by atoms with Gasteiger partial charge in [0.05, 0.1) is 11.8 Å². The van der Waals surface area contributed by atoms with Crippen molar-refractivity contribution in [2.75, 3.05) is 7.11 Å². The average Bonchev–Trinajstić information content (AvgIpc) is 2.83. The number of carbonyl (C=O) groups excluding carboxylic acids is 1. The van der Waals surface area contributed by atoms with Crippen LogP contribution < -0.4 is 5.73 Å². The first-order valence-corrected chi connectivity index (χ1v) is 8.56. The van der Waals surface area contributed by atoms with Crippen LogP contribution in [0.3, 0.4) is 0 Å². The van der Waals surface area contributed by atoms with Gasteiger partial charge in [-0.25, -0.2) is 0 Å². The minimum absolute atomic E-state index is 0.0473. The number of carbonyl (C=O) groups is 1. The molecule has 1 amide bonds. The first-order chi connectivity index (χ1) is 10.7. The molecule has 0 aromatic carbocycles. The van der Waals surface area contributed by atoms with Gasteiger partial charge in [0.25, 0.3) is 5.91 Å². The van der Waals surface area contributed by atoms with Crippen LogP contribution >= 0.6 is 0 Å². The third kappa shape index (κ3) is 3.60. The van der Waals surface area contributed by atoms with Gasteiger partial charge >= 0.3 is 0 Å². The Morgan fingerprint density at radius 2 is 1.87 bits per heavy atom. The van der Waals surface area contributed by atoms with Crippen LogP contribution in [-0.4, -0.2) is 28.9 Å². The van der Waals surface area contributed by atoms with Crippen molar-refractivity contribution in [3.05, 3.63) is 17.0 Å². The SMILES string of the molecule is COC1CCC(c2nn(C)c(C(N)=O)c2[C@@H](C)C(C)(C)C)CC1. The largest absolute Gasteiger partial charge is 0.381 e. The highest BCUT2D eigenvalue weighted by Gasteiger charge is 2.35. The molecule has 0 bridgehead atoms. The van der Waals surface area contributed by atoms with Gasteiger partial charge in [-0.15, -0.1) is 0 Å². The maximum absolute atomic E-state index is 12.0. The predicted molar refractivity (Wildman–Crippen MR) is 91.6 cm³/mol. The van der Waals surface area contributed by atoms with Gasteiger partial charge in [-0.1, -0.05) is 27.7 Å². The minimum Gasteiger partial charge on any atom is -0.381 e. The van der Waals surface area contributed by atoms with E-state index >= 15 is 0 Å². The van der Waals surface area contributed by atoms with Crippen molar-refractivity contribution in [3.63, 3.8) is 0 Å². The number of hydrogen-bond acceptors (Lipinski definition) is 3. The molecule has 1 aromatic heterocycles. The molecule has 23 heavy (non-hydrogen) atoms. The molecule has 1 atom stereocenters. The Morgan fingerprint density at radius 3 is 2.30 bits per heavy atom. The van der Waals surface area contributed by atoms with E-state index in [4.69, 9.17) is 15.6 Å². The average molecular weight is 321 g/mol. The highest BCUT2D eigenvalue weighted by Crippen LogP contribution is 2.43. The van der Waals surface area contributed by atoms with E-state index < -0.39 is 0 Å². The van der Waals surface area contributed by atoms with Gasteiger partial charge in [-0.05, 0) is 37.0 Å². The smallest absolute Gasteiger partial charge is 0.267 e. The second kappa shape index (κ2) is 6.63. The summed E-state index contributed by atoms with van der Waals surface area (Å²) in [5.41, 5.74) is 8.39. The molecule has 0 aliphatic heterocycles. The fourth-order valence-electron chi connectivity index (χ4n) is 3.59. The normalized spacial score (nSPS) is 23.7. The third-order valence-corrected chi connectivity index (χ3v) is 5.47. The molecular formula is C18H31N3O2. The fourth-order valence-corrected chi connectivity index (χ4v) is 3.59. The Morgan fingerprint density at radius 1 is 1.30 bits per heavy atom. The molecule has 1 fully saturated rings. The van der Waals surface area contributed by atoms with Crippen molar-refractivity contribution in [1.82, 2.24) is 9.78 Å². The highest BCUT2D eigenvalue weighted by molar-refractivity contribution is 5.93. The van der Waals surface area contributed by atoms with E-state index in [2.05, 4.69) is 27.7 Å². The summed E-state index contributed by atoms with van der Waals surface area (Å²) in [5.74, 6) is 0.220. The molecule has 5 nitrogen and oxygen atoms in total. The van der Waals surface area contributed by atoms with Crippen LogP contribution in [0, 0.1) is 5.41 Å². The second-order valence-corrected chi connectivity index (χ2v) is 7.93. The van der Waals surface area contributed by atoms with Crippen molar-refractivity contribution in [2.45, 2.75) is 71.3 Å². The molecule has 1 saturated carbocycles. The molecule has 0 saturated heterocycles. The van der Waals surface area contributed by atoms with Crippen LogP contribution in [-0.2, 0) is 11.8 Å². The summed E-state index contributed by atoms with van der Waals surface area (Å²) in [5, 5.41) is 4.72. The lowest BCUT2D eigenvalue weighted by Gasteiger charge is -2.31. The topological polar surface area (TPSA) is 70.1 Å². The van der Waals surface area contributed by atoms with Gasteiger partial charge in [0.2, 0.25) is 0 Å². The summed E-state index contributed by atoms with van der Waals surface area (Å²) in [6.07, 6.45) is 4.56. The number of primary amides is 1. The number of aromatic nitrogens is 2. The first-order valence-electron chi connectivity index (χ1n) is 8.56. The van der Waals surface area contributed by atoms with Crippen molar-refractivity contribution < 1.29 is 9.53 Å². The van der Waals surface area contributed by atoms with E-state index in [1.807, 2.05) is 7.05 Å². The minimum atomic E-state index is -0.386. The number of amides is 1. The lowest BCUT2D eigenvalue weighted by Crippen LogP contribution is -2.24. The monoisotopic (exact) mass is 321 g/mol. The van der Waals surface area contributed by atoms with Crippen LogP contribution in [0.4, 0.5) is 0 Å². The summed E-state index contributed by atoms with van der Waals surface area (Å²) >= 11 is 0. The Balaban J connectivity index is 2.44. The van der Waals surface area contributed by atoms with Crippen LogP contribution in [0.15, 0.2) is 0 Å². The molecule has 5 heteroatoms. The van der Waals surface area contributed by atoms with E-state index in [-0.39, 0.29) is 17.2 Å². The lowest BCUT2D eigenvalue weighted by atomic mass is 9.74. The molecule has 2 N–H and O–H groups in total. The van der Waals surface area contributed by atoms with Gasteiger partial charge in [-0.3, -0.25) is 9.48 Å². The lowest BCUT2D eigenvalue weighted by molar-refractivity contribution is 0.0653. The zero-order valence-electron chi connectivity index (χ0n) is 15.3. The Bertz CT molecular complexity index is 564. The van der Waals surface area contributed by atoms with Crippen LogP contribution in [0.1, 0.15) is 87.0 Å². The van der Waals surface area contributed by atoms with E-state index in [1.165, 1.54) is 0 Å². The molecular weight excluding hydrogens is 290 g/mol. The molecule has 130 valence electrons. The molecule has 1 heterocycles. The van der Waals surface area contributed by atoms with Crippen molar-refractivity contribution in [2.24, 2.45) is 18.2 Å². The quantitative estimate of drug-likeness (QED) is 0.924. The summed E-state index contributed by atoms with van der Waals surface area (Å²) < 4.78 is 7.15. The molecule has 0 radical (unpaired) electrons. The molecule has 1 aromatic rings. The number of ether oxygens (including phenoxy) is 1. The maximum Gasteiger partial charge on any atom is 0.267 e. The van der Waals surface area contributed by atoms with Crippen molar-refractivity contribution in [1.29, 1.82) is 0 Å². The van der Waals surface area contributed by atoms with Gasteiger partial charge < -0.3 is 10.5 Å². The van der Waals surface area contributed by atoms with Crippen LogP contribution in [0.2, 0.25) is 0 Å². The number of hydrogen-bond donors (Lipinski definition) is 1. The highest BCUT2D eigenvalue weighted by atomic mass is 16.5. The van der Waals surface area contributed by atoms with E-state index in [9.17, 15) is 4.79 Å². The zero-order valence-corrected chi connectivity index (χ0v) is 15.3. The van der Waals surface area contributed by atoms with E-state index in [1.54, 1.807) is 11.8 Å². The van der Waals surface area contributed by atoms with Gasteiger partial charge in [0.15, 0.2) is 0 Å². The Kier molecular flexibility index (Phi) is 5.19. The number of aryl methyl sites for hydroxylation is 1. The molecule has 0 unspecified atom stereocenters. The van der Waals surface area contributed by atoms with Gasteiger partial charge in [0.1, 0.15) is 5.69 Å². The van der Waals surface area contributed by atoms with E-state index in [0.717, 1.165) is 36.9 Å². The maximum atomic E-state index is 12.0. The first kappa shape index (κ1) is 18.0. The molecule has 2 rings (SSSR count). The molecule has 1 aliphatic rings. The number of rotatable bonds is 4. The molecule has 1 aliphatic carbocycles. The van der Waals surface area contributed by atoms with Crippen LogP contribution in [0.5, 0.6) is 0 Å². The summed E-state index contributed by atoms with van der Waals surface area (Å²) in [6.45, 7) is 8.76. The van der Waals surface area contributed by atoms with Gasteiger partial charge in [-0.2, -0.15) is 5.10 Å². The summed E-state index contributed by atoms with van der Waals surface area (Å²) in [6, 6.07) is 0. The van der Waals surface area contributed by atoms with Crippen LogP contribution in [0.25, 0.3) is 0 Å². The number of methoxy groups -OCH3 is 1. The van der Waals surface area contributed by atoms with Crippen molar-refractivity contribution >= 4 is 5.91 Å². The van der Waals surface area contributed by atoms with Gasteiger partial charge in [0, 0.05) is 25.6 Å². The summed E-state index contributed by atoms with van der Waals surface area (Å²) in [4.78, 5) is 12.0. The van der Waals surface area contributed by atoms with E-state index in [0.29, 0.717) is 17.7 Å².